The van der Waals surface area contributed by atoms with E-state index in [0.717, 1.165) is 107 Å². The zero-order chi connectivity index (χ0) is 102. The molecule has 2 unspecified atom stereocenters. The van der Waals surface area contributed by atoms with Gasteiger partial charge in [-0.1, -0.05) is 264 Å². The summed E-state index contributed by atoms with van der Waals surface area (Å²) in [6, 6.07) is 134. The number of benzene rings is 13. The fourth-order valence-corrected chi connectivity index (χ4v) is 11.1. The van der Waals surface area contributed by atoms with E-state index in [1.807, 2.05) is 377 Å². The van der Waals surface area contributed by atoms with E-state index < -0.39 is 0 Å². The minimum Gasteiger partial charge on any atom is -0.518 e. The zero-order valence-corrected chi connectivity index (χ0v) is 122. The van der Waals surface area contributed by atoms with Crippen molar-refractivity contribution in [3.63, 3.8) is 0 Å². The summed E-state index contributed by atoms with van der Waals surface area (Å²) in [6.07, 6.45) is 25.6. The van der Waals surface area contributed by atoms with Gasteiger partial charge in [0.1, 0.15) is 0 Å². The van der Waals surface area contributed by atoms with Crippen molar-refractivity contribution in [1.82, 2.24) is 0 Å². The van der Waals surface area contributed by atoms with Gasteiger partial charge in [0.05, 0.1) is 0 Å². The molecule has 2 atom stereocenters. The minimum absolute atomic E-state index is 0. The van der Waals surface area contributed by atoms with Crippen molar-refractivity contribution in [2.45, 2.75) is 255 Å². The Morgan fingerprint density at radius 3 is 0.653 bits per heavy atom. The number of hydrogen-bond acceptors (Lipinski definition) is 0. The van der Waals surface area contributed by atoms with Gasteiger partial charge in [0.25, 0.3) is 0 Å². The van der Waals surface area contributed by atoms with Crippen molar-refractivity contribution in [3.05, 3.63) is 571 Å². The molecule has 10 radical (unpaired) electrons. The van der Waals surface area contributed by atoms with Crippen LogP contribution in [0.2, 0.25) is 0 Å². The fraction of sp³-hybridized carbons (Fsp3) is 0.299. The summed E-state index contributed by atoms with van der Waals surface area (Å²) in [7, 11) is 0. The summed E-state index contributed by atoms with van der Waals surface area (Å²) in [6.45, 7) is 87.4. The molecule has 0 amide bonds. The molecule has 144 heavy (non-hydrogen) atoms. The Hall–Kier alpha value is -0.141. The van der Waals surface area contributed by atoms with E-state index in [9.17, 15) is 0 Å². The SMILES string of the molecule is CC.CC.CC.CC.CC.CC.CC.CC.CC.CC.CC.[CH-]=CCc1[c-]cccc1.[CH2-]C1C=CC=CC1[CH2-].[CH2-]CCc1[c-]cccc1.[CH2-]CCc1[c-]cccc1.[CH2-]CCc1[c-]cccc1.[CH2-]CCc1[c-]cccc1.[CH2-]Cc1[c-]cccc1.[CH2-]Cc1ccccc1[CH2-].[CH2-]c1ccccc1Cc1[c-]cccc1.[Y].[Y].[Y].[Y].[Y].[Y].[Y].[Y].[Y].[Y].[c-]1ccccc1Cc1[c-]cccc1.c1ccc2c(c1)CCc1ccccc1C2. The molecule has 0 saturated carbocycles. The summed E-state index contributed by atoms with van der Waals surface area (Å²) in [5.74, 6) is 0.750. The van der Waals surface area contributed by atoms with Crippen molar-refractivity contribution < 1.29 is 327 Å². The van der Waals surface area contributed by atoms with Gasteiger partial charge in [0.2, 0.25) is 0 Å². The van der Waals surface area contributed by atoms with Gasteiger partial charge in [-0.3, -0.25) is 6.08 Å². The van der Waals surface area contributed by atoms with Crippen LogP contribution in [-0.2, 0) is 404 Å². The van der Waals surface area contributed by atoms with Gasteiger partial charge in [-0.25, -0.2) is 6.42 Å². The molecule has 0 heterocycles. The van der Waals surface area contributed by atoms with E-state index >= 15 is 0 Å². The van der Waals surface area contributed by atoms with Crippen LogP contribution < -0.4 is 0 Å². The maximum Gasteiger partial charge on any atom is 0 e. The Morgan fingerprint density at radius 1 is 0.243 bits per heavy atom. The molecule has 2 aliphatic rings. The summed E-state index contributed by atoms with van der Waals surface area (Å²) >= 11 is 0. The van der Waals surface area contributed by atoms with Crippen molar-refractivity contribution in [2.75, 3.05) is 0 Å². The molecule has 0 fully saturated rings. The number of hydrogen-bond donors (Lipinski definition) is 0. The topological polar surface area (TPSA) is 0 Å². The minimum atomic E-state index is 0. The van der Waals surface area contributed by atoms with E-state index in [1.54, 1.807) is 6.08 Å². The first kappa shape index (κ1) is 182. The van der Waals surface area contributed by atoms with Crippen LogP contribution in [0.3, 0.4) is 0 Å². The van der Waals surface area contributed by atoms with Gasteiger partial charge in [0, 0.05) is 327 Å². The quantitative estimate of drug-likeness (QED) is 0.0846. The molecule has 10 heteroatoms. The maximum atomic E-state index is 5.22. The second kappa shape index (κ2) is 149. The number of rotatable bonds is 16. The Kier molecular flexibility index (Phi) is 189. The average molecular weight is 2680 g/mol. The van der Waals surface area contributed by atoms with E-state index in [2.05, 4.69) is 239 Å². The molecule has 0 N–H and O–H groups in total. The molecule has 0 bridgehead atoms. The number of allylic oxidation sites excluding steroid dienone is 5. The number of aryl methyl sites for hydroxylation is 6. The summed E-state index contributed by atoms with van der Waals surface area (Å²) in [4.78, 5) is 0. The molecule has 0 aliphatic heterocycles. The first-order chi connectivity index (χ1) is 66.0. The first-order valence-corrected chi connectivity index (χ1v) is 49.8. The van der Waals surface area contributed by atoms with Gasteiger partial charge >= 0.3 is 0 Å². The molecule has 13 aromatic carbocycles. The third kappa shape index (κ3) is 106. The monoisotopic (exact) mass is 2680 g/mol. The first-order valence-electron chi connectivity index (χ1n) is 49.8. The van der Waals surface area contributed by atoms with Crippen LogP contribution in [0.4, 0.5) is 0 Å². The molecule has 0 saturated heterocycles. The van der Waals surface area contributed by atoms with Gasteiger partial charge in [0.15, 0.2) is 0 Å². The van der Waals surface area contributed by atoms with E-state index in [0.29, 0.717) is 11.8 Å². The normalized spacial score (nSPS) is 9.76. The van der Waals surface area contributed by atoms with Crippen LogP contribution in [0.25, 0.3) is 0 Å². The van der Waals surface area contributed by atoms with E-state index in [1.165, 1.54) is 90.7 Å². The molecule has 2 aliphatic carbocycles. The molecule has 764 valence electrons. The van der Waals surface area contributed by atoms with Crippen molar-refractivity contribution >= 4 is 0 Å². The Labute approximate surface area is 1150 Å². The summed E-state index contributed by atoms with van der Waals surface area (Å²) in [5.41, 5.74) is 21.7. The predicted molar refractivity (Wildman–Crippen MR) is 604 cm³/mol. The third-order valence-corrected chi connectivity index (χ3v) is 17.3. The fourth-order valence-electron chi connectivity index (χ4n) is 11.1. The van der Waals surface area contributed by atoms with Crippen molar-refractivity contribution in [2.24, 2.45) is 11.8 Å². The van der Waals surface area contributed by atoms with Gasteiger partial charge in [-0.15, -0.1) is 42.0 Å². The Balaban J connectivity index is -0.0000000804. The summed E-state index contributed by atoms with van der Waals surface area (Å²) < 4.78 is 0. The van der Waals surface area contributed by atoms with Crippen LogP contribution in [0.1, 0.15) is 273 Å². The van der Waals surface area contributed by atoms with Gasteiger partial charge < -0.3 is 62.0 Å². The Bertz CT molecular complexity index is 4210. The number of fused-ring (bicyclic) bond motifs is 2. The largest absolute Gasteiger partial charge is 0.518 e. The zero-order valence-electron chi connectivity index (χ0n) is 93.8. The van der Waals surface area contributed by atoms with E-state index in [-0.39, 0.29) is 327 Å². The molecular formula is C134H178Y10-20. The molecule has 0 spiro atoms. The smallest absolute Gasteiger partial charge is 0 e. The molecular weight excluding hydrogens is 2500 g/mol. The second-order valence-electron chi connectivity index (χ2n) is 26.0. The van der Waals surface area contributed by atoms with Crippen molar-refractivity contribution in [1.29, 1.82) is 0 Å². The van der Waals surface area contributed by atoms with Crippen LogP contribution in [-0.4, -0.2) is 0 Å². The molecule has 13 aromatic rings. The maximum absolute atomic E-state index is 5.22. The molecule has 15 rings (SSSR count). The van der Waals surface area contributed by atoms with Crippen LogP contribution >= 0.6 is 0 Å². The van der Waals surface area contributed by atoms with Crippen LogP contribution in [0.5, 0.6) is 0 Å². The predicted octanol–water partition coefficient (Wildman–Crippen LogP) is 37.9. The van der Waals surface area contributed by atoms with Crippen LogP contribution in [0, 0.1) is 142 Å². The molecule has 0 aromatic heterocycles. The van der Waals surface area contributed by atoms with Gasteiger partial charge in [-0.2, -0.15) is 410 Å². The average Bonchev–Trinajstić information content (AvgIpc) is 1.70. The third-order valence-electron chi connectivity index (χ3n) is 17.3. The van der Waals surface area contributed by atoms with Gasteiger partial charge in [-0.05, 0) is 47.9 Å². The van der Waals surface area contributed by atoms with Crippen LogP contribution in [0.15, 0.2) is 346 Å². The Morgan fingerprint density at radius 2 is 0.451 bits per heavy atom. The van der Waals surface area contributed by atoms with Crippen molar-refractivity contribution in [3.8, 4) is 0 Å². The van der Waals surface area contributed by atoms with E-state index in [4.69, 9.17) is 6.58 Å². The summed E-state index contributed by atoms with van der Waals surface area (Å²) in [5, 5.41) is 0. The standard InChI is InChI=1S/C15H14.C14H12.C13H10.5C9H10.C9H8.C8H10.C8H8.11C2H6.10Y/c1-3-7-14-11-15-8-4-2-6-13(15)10-9-12(14)5-1;1-12-7-5-6-10-14(12)11-13-8-3-2-4-9-13;1-3-7-12(8-4-1)11-13-9-5-2-6-10-13;1-3-9-7-5-4-6-8(9)2;5*1-2-6-9-7-4-3-5-8-9;1-7-5-3-4-6-8(7)2;1-2-8-6-4-3-5-7-8;11*1-2;;;;;;;;;;/h1-8H,9-11H2;2-8,10H,1,11H2;1-7,9H,11H2;4-7H,1-3H2;4*3-5,7H,1-2,6H2;1-5,7H,6H2;3-8H,1-2H2;3-6H,1-2H2;11*1-2H3;;;;;;;;;;/q;10*-2;;;;;;;;;;;;;;;;;;;;;. The second-order valence-corrected chi connectivity index (χ2v) is 26.0. The molecule has 0 nitrogen and oxygen atoms in total.